The van der Waals surface area contributed by atoms with Crippen LogP contribution in [0.1, 0.15) is 6.42 Å². The van der Waals surface area contributed by atoms with Gasteiger partial charge in [-0.1, -0.05) is 11.6 Å². The van der Waals surface area contributed by atoms with Crippen LogP contribution in [0.4, 0.5) is 0 Å². The highest BCUT2D eigenvalue weighted by atomic mass is 35.5. The van der Waals surface area contributed by atoms with Crippen molar-refractivity contribution in [1.29, 1.82) is 0 Å². The Balaban J connectivity index is 2.11. The molecule has 82 valence electrons. The molecule has 1 aliphatic rings. The highest BCUT2D eigenvalue weighted by molar-refractivity contribution is 6.32. The third kappa shape index (κ3) is 2.55. The first-order valence-corrected chi connectivity index (χ1v) is 5.38. The zero-order valence-electron chi connectivity index (χ0n) is 8.63. The molecule has 3 nitrogen and oxygen atoms in total. The lowest BCUT2D eigenvalue weighted by atomic mass is 10.3. The minimum absolute atomic E-state index is 0.217. The van der Waals surface area contributed by atoms with Gasteiger partial charge in [0.25, 0.3) is 0 Å². The minimum atomic E-state index is 0.217. The van der Waals surface area contributed by atoms with Gasteiger partial charge in [-0.15, -0.1) is 0 Å². The molecule has 0 aromatic heterocycles. The Morgan fingerprint density at radius 3 is 3.00 bits per heavy atom. The summed E-state index contributed by atoms with van der Waals surface area (Å²) in [7, 11) is 1.63. The van der Waals surface area contributed by atoms with Crippen molar-refractivity contribution >= 4 is 11.6 Å². The van der Waals surface area contributed by atoms with Gasteiger partial charge in [-0.05, 0) is 25.1 Å². The zero-order valence-corrected chi connectivity index (χ0v) is 9.38. The van der Waals surface area contributed by atoms with Crippen LogP contribution in [-0.4, -0.2) is 26.3 Å². The Hall–Kier alpha value is -0.930. The highest BCUT2D eigenvalue weighted by Gasteiger charge is 2.17. The van der Waals surface area contributed by atoms with Crippen LogP contribution in [0.15, 0.2) is 18.2 Å². The van der Waals surface area contributed by atoms with Gasteiger partial charge in [0, 0.05) is 12.6 Å². The molecule has 1 aromatic rings. The van der Waals surface area contributed by atoms with Crippen molar-refractivity contribution in [1.82, 2.24) is 5.32 Å². The lowest BCUT2D eigenvalue weighted by Gasteiger charge is -2.14. The predicted molar refractivity (Wildman–Crippen MR) is 59.9 cm³/mol. The highest BCUT2D eigenvalue weighted by Crippen LogP contribution is 2.30. The fraction of sp³-hybridized carbons (Fsp3) is 0.455. The Labute approximate surface area is 94.3 Å². The number of methoxy groups -OCH3 is 1. The first-order valence-electron chi connectivity index (χ1n) is 5.00. The van der Waals surface area contributed by atoms with Gasteiger partial charge in [0.2, 0.25) is 0 Å². The topological polar surface area (TPSA) is 30.5 Å². The molecule has 0 aliphatic carbocycles. The van der Waals surface area contributed by atoms with Gasteiger partial charge in [-0.25, -0.2) is 0 Å². The largest absolute Gasteiger partial charge is 0.497 e. The summed E-state index contributed by atoms with van der Waals surface area (Å²) in [5.74, 6) is 1.46. The second-order valence-electron chi connectivity index (χ2n) is 3.53. The van der Waals surface area contributed by atoms with Crippen molar-refractivity contribution in [3.05, 3.63) is 23.2 Å². The van der Waals surface area contributed by atoms with Gasteiger partial charge in [0.1, 0.15) is 17.6 Å². The standard InChI is InChI=1S/C11H14ClNO2/c1-14-8-2-3-10(12)11(6-8)15-9-4-5-13-7-9/h2-3,6,9,13H,4-5,7H2,1H3. The van der Waals surface area contributed by atoms with Gasteiger partial charge in [-0.2, -0.15) is 0 Å². The molecule has 1 unspecified atom stereocenters. The summed E-state index contributed by atoms with van der Waals surface area (Å²) < 4.78 is 10.9. The van der Waals surface area contributed by atoms with Gasteiger partial charge in [0.05, 0.1) is 12.1 Å². The van der Waals surface area contributed by atoms with E-state index in [1.807, 2.05) is 12.1 Å². The fourth-order valence-electron chi connectivity index (χ4n) is 1.61. The first-order chi connectivity index (χ1) is 7.29. The van der Waals surface area contributed by atoms with Crippen LogP contribution < -0.4 is 14.8 Å². The van der Waals surface area contributed by atoms with E-state index in [4.69, 9.17) is 21.1 Å². The second kappa shape index (κ2) is 4.73. The van der Waals surface area contributed by atoms with Crippen molar-refractivity contribution in [2.45, 2.75) is 12.5 Å². The van der Waals surface area contributed by atoms with Crippen LogP contribution in [0.3, 0.4) is 0 Å². The molecule has 1 heterocycles. The quantitative estimate of drug-likeness (QED) is 0.858. The van der Waals surface area contributed by atoms with Crippen LogP contribution in [0, 0.1) is 0 Å². The van der Waals surface area contributed by atoms with Crippen molar-refractivity contribution in [3.8, 4) is 11.5 Å². The summed E-state index contributed by atoms with van der Waals surface area (Å²) in [4.78, 5) is 0. The fourth-order valence-corrected chi connectivity index (χ4v) is 1.77. The maximum absolute atomic E-state index is 6.03. The second-order valence-corrected chi connectivity index (χ2v) is 3.94. The van der Waals surface area contributed by atoms with Crippen LogP contribution in [0.25, 0.3) is 0 Å². The monoisotopic (exact) mass is 227 g/mol. The zero-order chi connectivity index (χ0) is 10.7. The number of halogens is 1. The number of nitrogens with one attached hydrogen (secondary N) is 1. The third-order valence-electron chi connectivity index (χ3n) is 2.45. The summed E-state index contributed by atoms with van der Waals surface area (Å²) in [6, 6.07) is 5.43. The Morgan fingerprint density at radius 1 is 1.47 bits per heavy atom. The van der Waals surface area contributed by atoms with Crippen molar-refractivity contribution in [3.63, 3.8) is 0 Å². The Bertz CT molecular complexity index is 337. The first kappa shape index (κ1) is 10.6. The maximum Gasteiger partial charge on any atom is 0.142 e. The summed E-state index contributed by atoms with van der Waals surface area (Å²) >= 11 is 6.03. The predicted octanol–water partition coefficient (Wildman–Crippen LogP) is 2.09. The number of ether oxygens (including phenoxy) is 2. The third-order valence-corrected chi connectivity index (χ3v) is 2.76. The van der Waals surface area contributed by atoms with Gasteiger partial charge in [-0.3, -0.25) is 0 Å². The molecule has 0 bridgehead atoms. The molecule has 0 amide bonds. The van der Waals surface area contributed by atoms with Crippen LogP contribution in [-0.2, 0) is 0 Å². The van der Waals surface area contributed by atoms with Gasteiger partial charge < -0.3 is 14.8 Å². The van der Waals surface area contributed by atoms with Crippen molar-refractivity contribution < 1.29 is 9.47 Å². The van der Waals surface area contributed by atoms with Crippen LogP contribution in [0.5, 0.6) is 11.5 Å². The van der Waals surface area contributed by atoms with E-state index in [1.54, 1.807) is 13.2 Å². The lowest BCUT2D eigenvalue weighted by molar-refractivity contribution is 0.222. The van der Waals surface area contributed by atoms with E-state index < -0.39 is 0 Å². The number of rotatable bonds is 3. The molecule has 1 atom stereocenters. The molecule has 0 saturated carbocycles. The lowest BCUT2D eigenvalue weighted by Crippen LogP contribution is -2.19. The molecule has 1 aromatic carbocycles. The van der Waals surface area contributed by atoms with Gasteiger partial charge in [0.15, 0.2) is 0 Å². The molecule has 15 heavy (non-hydrogen) atoms. The van der Waals surface area contributed by atoms with E-state index in [9.17, 15) is 0 Å². The Kier molecular flexibility index (Phi) is 3.34. The average Bonchev–Trinajstić information content (AvgIpc) is 2.74. The van der Waals surface area contributed by atoms with Crippen molar-refractivity contribution in [2.24, 2.45) is 0 Å². The SMILES string of the molecule is COc1ccc(Cl)c(OC2CCNC2)c1. The average molecular weight is 228 g/mol. The molecule has 0 radical (unpaired) electrons. The van der Waals surface area contributed by atoms with E-state index in [-0.39, 0.29) is 6.10 Å². The molecule has 1 aliphatic heterocycles. The number of hydrogen-bond donors (Lipinski definition) is 1. The molecule has 1 saturated heterocycles. The summed E-state index contributed by atoms with van der Waals surface area (Å²) in [5.41, 5.74) is 0. The van der Waals surface area contributed by atoms with Crippen molar-refractivity contribution in [2.75, 3.05) is 20.2 Å². The van der Waals surface area contributed by atoms with Gasteiger partial charge >= 0.3 is 0 Å². The normalized spacial score (nSPS) is 20.3. The summed E-state index contributed by atoms with van der Waals surface area (Å²) in [6.45, 7) is 1.89. The van der Waals surface area contributed by atoms with Crippen LogP contribution in [0.2, 0.25) is 5.02 Å². The van der Waals surface area contributed by atoms with E-state index in [0.29, 0.717) is 10.8 Å². The minimum Gasteiger partial charge on any atom is -0.497 e. The van der Waals surface area contributed by atoms with E-state index in [1.165, 1.54) is 0 Å². The van der Waals surface area contributed by atoms with E-state index in [2.05, 4.69) is 5.32 Å². The number of benzene rings is 1. The molecular weight excluding hydrogens is 214 g/mol. The molecule has 2 rings (SSSR count). The molecular formula is C11H14ClNO2. The van der Waals surface area contributed by atoms with E-state index in [0.717, 1.165) is 25.3 Å². The summed E-state index contributed by atoms with van der Waals surface area (Å²) in [5, 5.41) is 3.87. The van der Waals surface area contributed by atoms with E-state index >= 15 is 0 Å². The number of hydrogen-bond acceptors (Lipinski definition) is 3. The maximum atomic E-state index is 6.03. The van der Waals surface area contributed by atoms with Crippen LogP contribution >= 0.6 is 11.6 Å². The smallest absolute Gasteiger partial charge is 0.142 e. The Morgan fingerprint density at radius 2 is 2.33 bits per heavy atom. The molecule has 1 fully saturated rings. The summed E-state index contributed by atoms with van der Waals surface area (Å²) in [6.07, 6.45) is 1.24. The molecule has 4 heteroatoms. The molecule has 1 N–H and O–H groups in total. The molecule has 0 spiro atoms.